The van der Waals surface area contributed by atoms with Crippen LogP contribution in [0.25, 0.3) is 0 Å². The molecule has 4 aromatic rings. The molecule has 0 aliphatic rings. The fraction of sp³-hybridized carbons (Fsp3) is 0. The molecule has 0 aromatic carbocycles. The summed E-state index contributed by atoms with van der Waals surface area (Å²) in [6.45, 7) is 0. The molecule has 0 N–H and O–H groups in total. The first-order valence-electron chi connectivity index (χ1n) is 6.88. The fourth-order valence-corrected chi connectivity index (χ4v) is 12.5. The van der Waals surface area contributed by atoms with Crippen molar-refractivity contribution < 1.29 is 0 Å². The third-order valence-electron chi connectivity index (χ3n) is 3.04. The molecule has 1 radical (unpaired) electrons. The molecular weight excluding hydrogens is 396 g/mol. The van der Waals surface area contributed by atoms with Crippen molar-refractivity contribution in [1.82, 2.24) is 4.86 Å². The molecule has 0 amide bonds. The Morgan fingerprint density at radius 1 is 0.522 bits per heavy atom. The molecule has 0 bridgehead atoms. The van der Waals surface area contributed by atoms with Crippen LogP contribution in [-0.4, -0.2) is 0 Å². The summed E-state index contributed by atoms with van der Waals surface area (Å²) in [6.07, 6.45) is 0. The van der Waals surface area contributed by atoms with Gasteiger partial charge in [-0.1, -0.05) is 24.3 Å². The molecule has 0 aliphatic carbocycles. The smallest absolute Gasteiger partial charge is 0.0702 e. The molecule has 7 heteroatoms. The second-order valence-electron chi connectivity index (χ2n) is 4.52. The molecule has 1 nitrogen and oxygen atoms in total. The van der Waals surface area contributed by atoms with Gasteiger partial charge in [-0.15, -0.1) is 45.3 Å². The van der Waals surface area contributed by atoms with E-state index in [2.05, 4.69) is 70.1 Å². The first-order valence-corrected chi connectivity index (χ1v) is 13.0. The van der Waals surface area contributed by atoms with E-state index in [9.17, 15) is 0 Å². The van der Waals surface area contributed by atoms with Gasteiger partial charge in [0.1, 0.15) is 0 Å². The van der Waals surface area contributed by atoms with Crippen LogP contribution in [-0.2, 0) is 0 Å². The van der Waals surface area contributed by atoms with Gasteiger partial charge >= 0.3 is 0 Å². The highest BCUT2D eigenvalue weighted by molar-refractivity contribution is 7.92. The number of hydrogen-bond donors (Lipinski definition) is 0. The second kappa shape index (κ2) is 7.67. The predicted octanol–water partition coefficient (Wildman–Crippen LogP) is 4.93. The van der Waals surface area contributed by atoms with Gasteiger partial charge in [-0.2, -0.15) is 4.86 Å². The minimum absolute atomic E-state index is 0.621. The summed E-state index contributed by atoms with van der Waals surface area (Å²) in [6, 6.07) is 17.5. The van der Waals surface area contributed by atoms with Crippen molar-refractivity contribution >= 4 is 80.0 Å². The third kappa shape index (κ3) is 3.67. The maximum absolute atomic E-state index is 5.42. The molecule has 4 rings (SSSR count). The minimum Gasteiger partial charge on any atom is -0.169 e. The van der Waals surface area contributed by atoms with Gasteiger partial charge in [-0.25, -0.2) is 0 Å². The molecular formula is C16H12NP2S4. The second-order valence-corrected chi connectivity index (χ2v) is 13.4. The first-order chi connectivity index (χ1) is 11.4. The molecule has 0 aliphatic heterocycles. The van der Waals surface area contributed by atoms with Crippen LogP contribution >= 0.6 is 61.5 Å². The van der Waals surface area contributed by atoms with Gasteiger partial charge in [0.05, 0.1) is 16.1 Å². The van der Waals surface area contributed by atoms with Crippen molar-refractivity contribution in [2.24, 2.45) is 0 Å². The van der Waals surface area contributed by atoms with Gasteiger partial charge in [0, 0.05) is 18.5 Å². The summed E-state index contributed by atoms with van der Waals surface area (Å²) in [5.41, 5.74) is 0. The van der Waals surface area contributed by atoms with Crippen molar-refractivity contribution in [1.29, 1.82) is 0 Å². The Hall–Kier alpha value is -0.380. The minimum atomic E-state index is -0.621. The van der Waals surface area contributed by atoms with Gasteiger partial charge in [0.15, 0.2) is 0 Å². The molecule has 23 heavy (non-hydrogen) atoms. The molecule has 0 saturated heterocycles. The lowest BCUT2D eigenvalue weighted by Crippen LogP contribution is -2.18. The molecule has 0 unspecified atom stereocenters. The average molecular weight is 408 g/mol. The van der Waals surface area contributed by atoms with Crippen LogP contribution in [0.3, 0.4) is 0 Å². The van der Waals surface area contributed by atoms with Crippen molar-refractivity contribution in [3.8, 4) is 0 Å². The summed E-state index contributed by atoms with van der Waals surface area (Å²) in [4.78, 5) is 5.42. The molecule has 4 aromatic heterocycles. The summed E-state index contributed by atoms with van der Waals surface area (Å²) in [5, 5.41) is 8.64. The lowest BCUT2D eigenvalue weighted by atomic mass is 10.7. The van der Waals surface area contributed by atoms with E-state index in [4.69, 9.17) is 4.86 Å². The zero-order valence-corrected chi connectivity index (χ0v) is 17.0. The third-order valence-corrected chi connectivity index (χ3v) is 12.8. The van der Waals surface area contributed by atoms with Crippen LogP contribution in [0.15, 0.2) is 70.1 Å². The fourth-order valence-electron chi connectivity index (χ4n) is 2.04. The van der Waals surface area contributed by atoms with Crippen molar-refractivity contribution in [3.63, 3.8) is 0 Å². The van der Waals surface area contributed by atoms with E-state index in [0.717, 1.165) is 0 Å². The molecule has 0 fully saturated rings. The number of rotatable bonds is 6. The quantitative estimate of drug-likeness (QED) is 0.402. The topological polar surface area (TPSA) is 14.1 Å². The molecule has 4 heterocycles. The highest BCUT2D eigenvalue weighted by Crippen LogP contribution is 2.47. The SMILES string of the molecule is c1csc(P([N]P(c2cccs2)c2cccs2)c2cccs2)c1. The normalized spacial score (nSPS) is 11.6. The van der Waals surface area contributed by atoms with Crippen LogP contribution in [0.2, 0.25) is 0 Å². The zero-order chi connectivity index (χ0) is 15.5. The van der Waals surface area contributed by atoms with Gasteiger partial charge in [0.25, 0.3) is 0 Å². The van der Waals surface area contributed by atoms with E-state index < -0.39 is 16.1 Å². The Kier molecular flexibility index (Phi) is 5.37. The summed E-state index contributed by atoms with van der Waals surface area (Å²) in [5.74, 6) is 0. The predicted molar refractivity (Wildman–Crippen MR) is 112 cm³/mol. The highest BCUT2D eigenvalue weighted by atomic mass is 32.1. The van der Waals surface area contributed by atoms with Crippen LogP contribution in [0.1, 0.15) is 0 Å². The van der Waals surface area contributed by atoms with E-state index in [1.807, 2.05) is 45.3 Å². The van der Waals surface area contributed by atoms with E-state index in [1.54, 1.807) is 0 Å². The Balaban J connectivity index is 1.71. The van der Waals surface area contributed by atoms with Gasteiger partial charge in [-0.3, -0.25) is 0 Å². The van der Waals surface area contributed by atoms with Crippen molar-refractivity contribution in [3.05, 3.63) is 70.1 Å². The Morgan fingerprint density at radius 2 is 0.826 bits per heavy atom. The lowest BCUT2D eigenvalue weighted by molar-refractivity contribution is 1.65. The maximum Gasteiger partial charge on any atom is 0.0702 e. The molecule has 0 saturated carbocycles. The summed E-state index contributed by atoms with van der Waals surface area (Å²) < 4.78 is 5.57. The number of nitrogens with zero attached hydrogens (tertiary/aromatic N) is 1. The van der Waals surface area contributed by atoms with E-state index in [1.165, 1.54) is 18.5 Å². The van der Waals surface area contributed by atoms with Crippen LogP contribution < -0.4 is 23.3 Å². The van der Waals surface area contributed by atoms with Crippen molar-refractivity contribution in [2.45, 2.75) is 0 Å². The summed E-state index contributed by atoms with van der Waals surface area (Å²) >= 11 is 7.30. The monoisotopic (exact) mass is 408 g/mol. The first kappa shape index (κ1) is 16.1. The molecule has 0 spiro atoms. The van der Waals surface area contributed by atoms with Crippen LogP contribution in [0.4, 0.5) is 0 Å². The summed E-state index contributed by atoms with van der Waals surface area (Å²) in [7, 11) is -1.24. The standard InChI is InChI=1S/C16H12NP2S4/c1-5-13(20-9-1)18(14-6-2-10-21-14)17-19(15-7-3-11-22-15)16-8-4-12-23-16/h1-12H. The average Bonchev–Trinajstić information content (AvgIpc) is 3.35. The maximum atomic E-state index is 5.42. The van der Waals surface area contributed by atoms with E-state index >= 15 is 0 Å². The lowest BCUT2D eigenvalue weighted by Gasteiger charge is -2.20. The molecule has 115 valence electrons. The van der Waals surface area contributed by atoms with Crippen molar-refractivity contribution in [2.75, 3.05) is 0 Å². The van der Waals surface area contributed by atoms with Gasteiger partial charge in [-0.05, 0) is 45.8 Å². The molecule has 0 atom stereocenters. The highest BCUT2D eigenvalue weighted by Gasteiger charge is 2.26. The van der Waals surface area contributed by atoms with Gasteiger partial charge in [0.2, 0.25) is 0 Å². The number of hydrogen-bond acceptors (Lipinski definition) is 4. The Morgan fingerprint density at radius 3 is 1.04 bits per heavy atom. The van der Waals surface area contributed by atoms with Crippen LogP contribution in [0, 0.1) is 0 Å². The Labute approximate surface area is 154 Å². The van der Waals surface area contributed by atoms with Gasteiger partial charge < -0.3 is 0 Å². The number of thiophene rings is 4. The Bertz CT molecular complexity index is 669. The van der Waals surface area contributed by atoms with E-state index in [-0.39, 0.29) is 0 Å². The van der Waals surface area contributed by atoms with Crippen LogP contribution in [0.5, 0.6) is 0 Å². The zero-order valence-electron chi connectivity index (χ0n) is 11.9. The largest absolute Gasteiger partial charge is 0.169 e. The van der Waals surface area contributed by atoms with E-state index in [0.29, 0.717) is 0 Å².